The van der Waals surface area contributed by atoms with Gasteiger partial charge in [0.25, 0.3) is 5.91 Å². The number of carbonyl (C=O) groups excluding carboxylic acids is 1. The van der Waals surface area contributed by atoms with Crippen molar-refractivity contribution in [1.82, 2.24) is 15.2 Å². The second kappa shape index (κ2) is 9.14. The van der Waals surface area contributed by atoms with Gasteiger partial charge in [-0.1, -0.05) is 18.2 Å². The summed E-state index contributed by atoms with van der Waals surface area (Å²) in [6, 6.07) is 15.9. The molecule has 1 fully saturated rings. The molecule has 1 aromatic heterocycles. The van der Waals surface area contributed by atoms with Crippen molar-refractivity contribution in [3.05, 3.63) is 77.5 Å². The lowest BCUT2D eigenvalue weighted by atomic mass is 9.98. The zero-order valence-corrected chi connectivity index (χ0v) is 20.1. The van der Waals surface area contributed by atoms with E-state index in [1.807, 2.05) is 56.3 Å². The average molecular weight is 445 g/mol. The highest BCUT2D eigenvalue weighted by Crippen LogP contribution is 2.48. The Labute approximate surface area is 195 Å². The molecule has 1 aliphatic heterocycles. The van der Waals surface area contributed by atoms with Crippen molar-refractivity contribution in [2.75, 3.05) is 39.7 Å². The Morgan fingerprint density at radius 3 is 2.45 bits per heavy atom. The first kappa shape index (κ1) is 22.6. The third-order valence-electron chi connectivity index (χ3n) is 6.24. The largest absolute Gasteiger partial charge is 0.497 e. The second-order valence-corrected chi connectivity index (χ2v) is 8.98. The quantitative estimate of drug-likeness (QED) is 0.629. The molecule has 172 valence electrons. The van der Waals surface area contributed by atoms with Gasteiger partial charge in [-0.25, -0.2) is 4.98 Å². The molecule has 1 N–H and O–H groups in total. The molecule has 1 aliphatic carbocycles. The van der Waals surface area contributed by atoms with Crippen LogP contribution < -0.4 is 15.0 Å². The van der Waals surface area contributed by atoms with Gasteiger partial charge in [0, 0.05) is 38.6 Å². The minimum absolute atomic E-state index is 0.0660. The predicted molar refractivity (Wildman–Crippen MR) is 134 cm³/mol. The predicted octanol–water partition coefficient (Wildman–Crippen LogP) is 4.48. The number of pyridine rings is 1. The van der Waals surface area contributed by atoms with Gasteiger partial charge in [0.1, 0.15) is 11.6 Å². The number of carbonyl (C=O) groups is 1. The van der Waals surface area contributed by atoms with Crippen LogP contribution in [0.25, 0.3) is 10.9 Å². The number of rotatable bonds is 5. The van der Waals surface area contributed by atoms with Gasteiger partial charge in [0.15, 0.2) is 0 Å². The first-order valence-electron chi connectivity index (χ1n) is 11.2. The van der Waals surface area contributed by atoms with Gasteiger partial charge in [-0.15, -0.1) is 0 Å². The Balaban J connectivity index is 0.000000459. The van der Waals surface area contributed by atoms with Crippen LogP contribution in [0.5, 0.6) is 5.75 Å². The summed E-state index contributed by atoms with van der Waals surface area (Å²) in [5.41, 5.74) is 3.34. The van der Waals surface area contributed by atoms with Crippen LogP contribution in [-0.4, -0.2) is 50.6 Å². The summed E-state index contributed by atoms with van der Waals surface area (Å²) in [6.45, 7) is 3.08. The maximum absolute atomic E-state index is 13.1. The molecule has 1 amide bonds. The number of nitrogens with zero attached hydrogens (tertiary/aromatic N) is 3. The minimum Gasteiger partial charge on any atom is -0.497 e. The molecule has 2 aliphatic rings. The standard InChI is InChI=1S/C23H25N3O2.C4H7N/c1-15-8-9-16(28-4)14-18(15)22(27)25-23(12-13-23)19-6-5-7-20-17(19)10-11-21(24-20)26(2)3;1-5-3-2-4-5/h5-11,14H,12-13H2,1-4H3,(H,25,27);2-3H,4H2,1H3. The Morgan fingerprint density at radius 1 is 1.15 bits per heavy atom. The Kier molecular flexibility index (Phi) is 6.27. The lowest BCUT2D eigenvalue weighted by Gasteiger charge is -2.21. The molecule has 6 heteroatoms. The number of likely N-dealkylation sites (N-methyl/N-ethyl adjacent to an activating group) is 1. The normalized spacial score (nSPS) is 15.2. The van der Waals surface area contributed by atoms with Crippen molar-refractivity contribution in [3.63, 3.8) is 0 Å². The number of ether oxygens (including phenoxy) is 1. The Bertz CT molecular complexity index is 1200. The van der Waals surface area contributed by atoms with E-state index in [4.69, 9.17) is 9.72 Å². The lowest BCUT2D eigenvalue weighted by molar-refractivity contribution is 0.0930. The molecule has 0 bridgehead atoms. The van der Waals surface area contributed by atoms with E-state index in [9.17, 15) is 4.79 Å². The van der Waals surface area contributed by atoms with Gasteiger partial charge >= 0.3 is 0 Å². The number of nitrogens with one attached hydrogen (secondary N) is 1. The van der Waals surface area contributed by atoms with E-state index in [1.165, 1.54) is 0 Å². The van der Waals surface area contributed by atoms with Gasteiger partial charge in [0.05, 0.1) is 18.2 Å². The number of fused-ring (bicyclic) bond motifs is 1. The van der Waals surface area contributed by atoms with Crippen molar-refractivity contribution in [2.45, 2.75) is 25.3 Å². The number of aryl methyl sites for hydroxylation is 1. The highest BCUT2D eigenvalue weighted by Gasteiger charge is 2.46. The van der Waals surface area contributed by atoms with E-state index in [1.54, 1.807) is 13.2 Å². The minimum atomic E-state index is -0.326. The number of hydrogen-bond acceptors (Lipinski definition) is 5. The van der Waals surface area contributed by atoms with Crippen LogP contribution >= 0.6 is 0 Å². The molecule has 1 saturated carbocycles. The molecule has 2 aromatic carbocycles. The van der Waals surface area contributed by atoms with Crippen molar-refractivity contribution >= 4 is 22.6 Å². The van der Waals surface area contributed by atoms with Crippen LogP contribution in [0, 0.1) is 6.92 Å². The van der Waals surface area contributed by atoms with Gasteiger partial charge in [0.2, 0.25) is 0 Å². The van der Waals surface area contributed by atoms with Gasteiger partial charge in [-0.2, -0.15) is 0 Å². The lowest BCUT2D eigenvalue weighted by Crippen LogP contribution is -2.35. The molecule has 33 heavy (non-hydrogen) atoms. The third-order valence-corrected chi connectivity index (χ3v) is 6.24. The summed E-state index contributed by atoms with van der Waals surface area (Å²) in [5.74, 6) is 1.54. The molecule has 2 heterocycles. The van der Waals surface area contributed by atoms with Crippen LogP contribution in [0.4, 0.5) is 5.82 Å². The third kappa shape index (κ3) is 4.80. The maximum atomic E-state index is 13.1. The topological polar surface area (TPSA) is 57.7 Å². The molecule has 5 rings (SSSR count). The molecule has 6 nitrogen and oxygen atoms in total. The summed E-state index contributed by atoms with van der Waals surface area (Å²) in [6.07, 6.45) is 6.03. The monoisotopic (exact) mass is 444 g/mol. The van der Waals surface area contributed by atoms with Crippen LogP contribution in [0.2, 0.25) is 0 Å². The smallest absolute Gasteiger partial charge is 0.252 e. The molecule has 0 radical (unpaired) electrons. The molecule has 3 aromatic rings. The molecule has 0 spiro atoms. The van der Waals surface area contributed by atoms with Crippen LogP contribution in [0.15, 0.2) is 60.8 Å². The number of hydrogen-bond donors (Lipinski definition) is 1. The van der Waals surface area contributed by atoms with Crippen LogP contribution in [0.1, 0.15) is 34.3 Å². The molecule has 0 unspecified atom stereocenters. The molecular formula is C27H32N4O2. The Hall–Kier alpha value is -3.54. The van der Waals surface area contributed by atoms with Crippen molar-refractivity contribution in [2.24, 2.45) is 0 Å². The fraction of sp³-hybridized carbons (Fsp3) is 0.333. The number of anilines is 1. The fourth-order valence-electron chi connectivity index (χ4n) is 3.97. The summed E-state index contributed by atoms with van der Waals surface area (Å²) in [7, 11) is 7.63. The molecule has 0 saturated heterocycles. The molecular weight excluding hydrogens is 412 g/mol. The number of aromatic nitrogens is 1. The summed E-state index contributed by atoms with van der Waals surface area (Å²) in [4.78, 5) is 21.9. The Morgan fingerprint density at radius 2 is 1.88 bits per heavy atom. The van der Waals surface area contributed by atoms with Gasteiger partial charge in [-0.3, -0.25) is 4.79 Å². The maximum Gasteiger partial charge on any atom is 0.252 e. The van der Waals surface area contributed by atoms with E-state index >= 15 is 0 Å². The van der Waals surface area contributed by atoms with Crippen molar-refractivity contribution in [1.29, 1.82) is 0 Å². The zero-order valence-electron chi connectivity index (χ0n) is 20.1. The highest BCUT2D eigenvalue weighted by atomic mass is 16.5. The van der Waals surface area contributed by atoms with Gasteiger partial charge < -0.3 is 19.9 Å². The van der Waals surface area contributed by atoms with Crippen molar-refractivity contribution in [3.8, 4) is 5.75 Å². The zero-order chi connectivity index (χ0) is 23.6. The molecule has 0 atom stereocenters. The first-order chi connectivity index (χ1) is 15.8. The summed E-state index contributed by atoms with van der Waals surface area (Å²) in [5, 5.41) is 4.38. The van der Waals surface area contributed by atoms with E-state index in [-0.39, 0.29) is 11.4 Å². The van der Waals surface area contributed by atoms with Gasteiger partial charge in [-0.05, 0) is 73.5 Å². The van der Waals surface area contributed by atoms with Crippen LogP contribution in [0.3, 0.4) is 0 Å². The van der Waals surface area contributed by atoms with E-state index in [2.05, 4.69) is 41.7 Å². The van der Waals surface area contributed by atoms with E-state index in [0.717, 1.165) is 47.2 Å². The fourth-order valence-corrected chi connectivity index (χ4v) is 3.97. The summed E-state index contributed by atoms with van der Waals surface area (Å²) < 4.78 is 5.29. The summed E-state index contributed by atoms with van der Waals surface area (Å²) >= 11 is 0. The number of methoxy groups -OCH3 is 1. The average Bonchev–Trinajstić information content (AvgIpc) is 3.57. The van der Waals surface area contributed by atoms with E-state index in [0.29, 0.717) is 11.3 Å². The number of benzene rings is 2. The van der Waals surface area contributed by atoms with E-state index < -0.39 is 0 Å². The number of amides is 1. The van der Waals surface area contributed by atoms with Crippen LogP contribution in [-0.2, 0) is 5.54 Å². The first-order valence-corrected chi connectivity index (χ1v) is 11.2. The highest BCUT2D eigenvalue weighted by molar-refractivity contribution is 5.97. The SMILES string of the molecule is CN1C=CC1.COc1ccc(C)c(C(=O)NC2(c3cccc4nc(N(C)C)ccc34)CC2)c1. The van der Waals surface area contributed by atoms with Crippen molar-refractivity contribution < 1.29 is 9.53 Å². The second-order valence-electron chi connectivity index (χ2n) is 8.98.